The third-order valence-electron chi connectivity index (χ3n) is 6.28. The van der Waals surface area contributed by atoms with Crippen molar-refractivity contribution in [2.24, 2.45) is 34.0 Å². The molecule has 4 fully saturated rings. The van der Waals surface area contributed by atoms with Gasteiger partial charge in [-0.05, 0) is 29.9 Å². The molecule has 4 aliphatic carbocycles. The molecule has 4 saturated carbocycles. The first-order valence-electron chi connectivity index (χ1n) is 8.02. The van der Waals surface area contributed by atoms with Crippen LogP contribution in [0.15, 0.2) is 52.5 Å². The van der Waals surface area contributed by atoms with Gasteiger partial charge >= 0.3 is 0 Å². The summed E-state index contributed by atoms with van der Waals surface area (Å²) in [5, 5.41) is 36.1. The Morgan fingerprint density at radius 2 is 1.78 bits per heavy atom. The maximum absolute atomic E-state index is 10.0. The summed E-state index contributed by atoms with van der Waals surface area (Å²) in [6.45, 7) is 2.08. The molecule has 4 aliphatic rings. The van der Waals surface area contributed by atoms with Crippen LogP contribution < -0.4 is 0 Å². The molecule has 4 bridgehead atoms. The predicted molar refractivity (Wildman–Crippen MR) is 86.1 cm³/mol. The second-order valence-electron chi connectivity index (χ2n) is 6.99. The van der Waals surface area contributed by atoms with E-state index in [9.17, 15) is 15.5 Å². The zero-order valence-corrected chi connectivity index (χ0v) is 12.9. The molecule has 5 heteroatoms. The van der Waals surface area contributed by atoms with Crippen molar-refractivity contribution >= 4 is 11.4 Å². The minimum atomic E-state index is -0.273. The van der Waals surface area contributed by atoms with Crippen molar-refractivity contribution < 1.29 is 15.5 Å². The monoisotopic (exact) mass is 312 g/mol. The summed E-state index contributed by atoms with van der Waals surface area (Å²) in [4.78, 5) is 0. The second kappa shape index (κ2) is 4.85. The van der Waals surface area contributed by atoms with Crippen LogP contribution in [0.25, 0.3) is 0 Å². The summed E-state index contributed by atoms with van der Waals surface area (Å²) in [5.74, 6) is 0.0128. The lowest BCUT2D eigenvalue weighted by Crippen LogP contribution is -2.63. The SMILES string of the molecule is CC1C2CC3(c4ccccc4)CC(/C2=N\O)/C(=N\O)C1/C3=C\O. The zero-order valence-electron chi connectivity index (χ0n) is 12.9. The van der Waals surface area contributed by atoms with E-state index in [1.54, 1.807) is 0 Å². The van der Waals surface area contributed by atoms with Gasteiger partial charge in [-0.1, -0.05) is 47.6 Å². The fourth-order valence-electron chi connectivity index (χ4n) is 5.32. The molecule has 3 N–H and O–H groups in total. The Labute approximate surface area is 134 Å². The lowest BCUT2D eigenvalue weighted by molar-refractivity contribution is 0.151. The smallest absolute Gasteiger partial charge is 0.0799 e. The highest BCUT2D eigenvalue weighted by molar-refractivity contribution is 6.14. The number of oxime groups is 2. The van der Waals surface area contributed by atoms with Crippen LogP contribution in [0.3, 0.4) is 0 Å². The van der Waals surface area contributed by atoms with Gasteiger partial charge in [-0.3, -0.25) is 0 Å². The van der Waals surface area contributed by atoms with Crippen LogP contribution in [-0.4, -0.2) is 26.9 Å². The number of rotatable bonds is 1. The normalized spacial score (nSPS) is 43.6. The van der Waals surface area contributed by atoms with Gasteiger partial charge in [0, 0.05) is 23.2 Å². The number of hydrogen-bond donors (Lipinski definition) is 3. The van der Waals surface area contributed by atoms with Crippen molar-refractivity contribution in [1.29, 1.82) is 0 Å². The number of aliphatic hydroxyl groups excluding tert-OH is 1. The van der Waals surface area contributed by atoms with Crippen LogP contribution in [0.5, 0.6) is 0 Å². The van der Waals surface area contributed by atoms with E-state index < -0.39 is 0 Å². The van der Waals surface area contributed by atoms with Gasteiger partial charge in [0.1, 0.15) is 0 Å². The van der Waals surface area contributed by atoms with Crippen LogP contribution in [0.4, 0.5) is 0 Å². The van der Waals surface area contributed by atoms with Crippen LogP contribution in [0, 0.1) is 23.7 Å². The van der Waals surface area contributed by atoms with Gasteiger partial charge < -0.3 is 15.5 Å². The maximum Gasteiger partial charge on any atom is 0.0799 e. The standard InChI is InChI=1S/C18H20N2O3/c1-10-12-7-18(11-5-3-2-4-6-11)8-13(16(12)19-22)17(20-23)15(10)14(18)9-21/h2-6,9-10,12-13,15,21-23H,7-8H2,1H3/b14-9+,19-16-,20-17+. The molecule has 5 unspecified atom stereocenters. The molecule has 5 nitrogen and oxygen atoms in total. The molecule has 1 aromatic carbocycles. The van der Waals surface area contributed by atoms with Crippen molar-refractivity contribution in [2.45, 2.75) is 25.2 Å². The van der Waals surface area contributed by atoms with E-state index in [-0.39, 0.29) is 29.1 Å². The van der Waals surface area contributed by atoms with Gasteiger partial charge in [-0.25, -0.2) is 0 Å². The molecule has 0 amide bonds. The molecule has 0 heterocycles. The van der Waals surface area contributed by atoms with Crippen LogP contribution in [0.1, 0.15) is 25.3 Å². The average molecular weight is 312 g/mol. The first-order valence-corrected chi connectivity index (χ1v) is 8.02. The molecule has 5 atom stereocenters. The largest absolute Gasteiger partial charge is 0.516 e. The van der Waals surface area contributed by atoms with Crippen molar-refractivity contribution in [3.63, 3.8) is 0 Å². The Morgan fingerprint density at radius 3 is 2.39 bits per heavy atom. The molecule has 1 aromatic rings. The van der Waals surface area contributed by atoms with Gasteiger partial charge in [0.15, 0.2) is 0 Å². The van der Waals surface area contributed by atoms with Gasteiger partial charge in [-0.2, -0.15) is 0 Å². The third-order valence-corrected chi connectivity index (χ3v) is 6.28. The van der Waals surface area contributed by atoms with Crippen LogP contribution in [-0.2, 0) is 5.41 Å². The Kier molecular flexibility index (Phi) is 3.01. The summed E-state index contributed by atoms with van der Waals surface area (Å²) in [6.07, 6.45) is 2.70. The summed E-state index contributed by atoms with van der Waals surface area (Å²) < 4.78 is 0. The molecule has 0 aromatic heterocycles. The van der Waals surface area contributed by atoms with E-state index in [2.05, 4.69) is 29.4 Å². The highest BCUT2D eigenvalue weighted by Gasteiger charge is 2.63. The molecular weight excluding hydrogens is 292 g/mol. The van der Waals surface area contributed by atoms with Gasteiger partial charge in [0.2, 0.25) is 0 Å². The lowest BCUT2D eigenvalue weighted by Gasteiger charge is -2.60. The minimum absolute atomic E-state index is 0.104. The average Bonchev–Trinajstić information content (AvgIpc) is 2.60. The minimum Gasteiger partial charge on any atom is -0.516 e. The van der Waals surface area contributed by atoms with Crippen molar-refractivity contribution in [3.05, 3.63) is 47.7 Å². The van der Waals surface area contributed by atoms with E-state index in [1.165, 1.54) is 11.8 Å². The number of hydrogen-bond acceptors (Lipinski definition) is 5. The number of benzene rings is 1. The van der Waals surface area contributed by atoms with Crippen LogP contribution in [0.2, 0.25) is 0 Å². The van der Waals surface area contributed by atoms with E-state index >= 15 is 0 Å². The number of nitrogens with zero attached hydrogens (tertiary/aromatic N) is 2. The first-order chi connectivity index (χ1) is 11.2. The molecule has 0 saturated heterocycles. The highest BCUT2D eigenvalue weighted by atomic mass is 16.4. The molecule has 5 rings (SSSR count). The van der Waals surface area contributed by atoms with Crippen LogP contribution >= 0.6 is 0 Å². The fraction of sp³-hybridized carbons (Fsp3) is 0.444. The molecule has 23 heavy (non-hydrogen) atoms. The summed E-state index contributed by atoms with van der Waals surface area (Å²) in [7, 11) is 0. The Morgan fingerprint density at radius 1 is 1.09 bits per heavy atom. The summed E-state index contributed by atoms with van der Waals surface area (Å²) in [6, 6.07) is 10.2. The molecular formula is C18H20N2O3. The Balaban J connectivity index is 1.95. The predicted octanol–water partition coefficient (Wildman–Crippen LogP) is 3.33. The van der Waals surface area contributed by atoms with Crippen molar-refractivity contribution in [3.8, 4) is 0 Å². The van der Waals surface area contributed by atoms with Gasteiger partial charge in [-0.15, -0.1) is 0 Å². The quantitative estimate of drug-likeness (QED) is 0.422. The first kappa shape index (κ1) is 14.3. The Hall–Kier alpha value is -2.30. The fourth-order valence-corrected chi connectivity index (χ4v) is 5.32. The topological polar surface area (TPSA) is 85.4 Å². The van der Waals surface area contributed by atoms with E-state index in [4.69, 9.17) is 0 Å². The van der Waals surface area contributed by atoms with Crippen molar-refractivity contribution in [1.82, 2.24) is 0 Å². The summed E-state index contributed by atoms with van der Waals surface area (Å²) >= 11 is 0. The van der Waals surface area contributed by atoms with Gasteiger partial charge in [0.25, 0.3) is 0 Å². The van der Waals surface area contributed by atoms with E-state index in [0.717, 1.165) is 17.7 Å². The number of allylic oxidation sites excluding steroid dienone is 1. The maximum atomic E-state index is 10.0. The van der Waals surface area contributed by atoms with E-state index in [1.807, 2.05) is 18.2 Å². The van der Waals surface area contributed by atoms with E-state index in [0.29, 0.717) is 12.1 Å². The number of aliphatic hydroxyl groups is 1. The third kappa shape index (κ3) is 1.62. The van der Waals surface area contributed by atoms with Gasteiger partial charge in [0.05, 0.1) is 17.7 Å². The summed E-state index contributed by atoms with van der Waals surface area (Å²) in [5.41, 5.74) is 3.16. The second-order valence-corrected chi connectivity index (χ2v) is 6.99. The molecule has 0 spiro atoms. The zero-order chi connectivity index (χ0) is 16.2. The molecule has 0 radical (unpaired) electrons. The molecule has 120 valence electrons. The molecule has 0 aliphatic heterocycles. The highest BCUT2D eigenvalue weighted by Crippen LogP contribution is 2.63. The van der Waals surface area contributed by atoms with Crippen molar-refractivity contribution in [2.75, 3.05) is 0 Å². The lowest BCUT2D eigenvalue weighted by atomic mass is 9.42. The Bertz CT molecular complexity index is 725.